The van der Waals surface area contributed by atoms with E-state index in [-0.39, 0.29) is 12.4 Å². The number of rotatable bonds is 3. The Morgan fingerprint density at radius 2 is 1.84 bits per heavy atom. The van der Waals surface area contributed by atoms with Crippen LogP contribution in [0, 0.1) is 0 Å². The molecule has 0 spiro atoms. The van der Waals surface area contributed by atoms with Crippen LogP contribution in [-0.2, 0) is 0 Å². The highest BCUT2D eigenvalue weighted by molar-refractivity contribution is 5.85. The van der Waals surface area contributed by atoms with Crippen molar-refractivity contribution in [3.05, 3.63) is 35.9 Å². The van der Waals surface area contributed by atoms with Crippen molar-refractivity contribution in [2.45, 2.75) is 43.9 Å². The molecule has 6 nitrogen and oxygen atoms in total. The third-order valence-electron chi connectivity index (χ3n) is 5.42. The average molecular weight is 360 g/mol. The maximum atomic E-state index is 5.57. The summed E-state index contributed by atoms with van der Waals surface area (Å²) in [6, 6.07) is 8.36. The molecule has 3 heterocycles. The molecule has 7 heteroatoms. The van der Waals surface area contributed by atoms with Crippen molar-refractivity contribution < 1.29 is 4.52 Å². The number of aromatic nitrogens is 4. The molecule has 0 atom stereocenters. The van der Waals surface area contributed by atoms with E-state index >= 15 is 0 Å². The molecule has 0 radical (unpaired) electrons. The molecule has 2 aliphatic rings. The van der Waals surface area contributed by atoms with E-state index in [1.165, 1.54) is 30.3 Å². The summed E-state index contributed by atoms with van der Waals surface area (Å²) in [5.41, 5.74) is 2.25. The number of benzene rings is 1. The molecule has 2 fully saturated rings. The van der Waals surface area contributed by atoms with Crippen molar-refractivity contribution in [2.75, 3.05) is 13.1 Å². The van der Waals surface area contributed by atoms with E-state index in [1.54, 1.807) is 0 Å². The quantitative estimate of drug-likeness (QED) is 0.774. The standard InChI is InChI=1S/C18H21N5O.ClH/c1-2-7-15-14(6-1)16(12-4-3-5-12)21-23(15)18-20-17(24-22-18)13-8-10-19-11-9-13;/h1-2,6-7,12-13,19H,3-5,8-11H2;1H. The first-order valence-electron chi connectivity index (χ1n) is 8.92. The summed E-state index contributed by atoms with van der Waals surface area (Å²) in [5, 5.41) is 13.7. The number of halogens is 1. The molecule has 1 aliphatic carbocycles. The number of nitrogens with zero attached hydrogens (tertiary/aromatic N) is 4. The van der Waals surface area contributed by atoms with Gasteiger partial charge in [0.05, 0.1) is 11.2 Å². The molecule has 5 rings (SSSR count). The van der Waals surface area contributed by atoms with E-state index in [0.717, 1.165) is 37.3 Å². The van der Waals surface area contributed by atoms with E-state index in [0.29, 0.717) is 17.8 Å². The van der Waals surface area contributed by atoms with Crippen LogP contribution in [0.25, 0.3) is 16.9 Å². The topological polar surface area (TPSA) is 68.8 Å². The molecule has 1 aliphatic heterocycles. The highest BCUT2D eigenvalue weighted by Gasteiger charge is 2.27. The molecule has 3 aromatic rings. The lowest BCUT2D eigenvalue weighted by Crippen LogP contribution is -2.26. The lowest BCUT2D eigenvalue weighted by Gasteiger charge is -2.23. The Hall–Kier alpha value is -1.92. The fourth-order valence-electron chi connectivity index (χ4n) is 3.77. The van der Waals surface area contributed by atoms with Crippen LogP contribution < -0.4 is 5.32 Å². The third kappa shape index (κ3) is 2.83. The van der Waals surface area contributed by atoms with Gasteiger partial charge < -0.3 is 9.84 Å². The Bertz CT molecular complexity index is 863. The largest absolute Gasteiger partial charge is 0.337 e. The number of nitrogens with one attached hydrogen (secondary N) is 1. The van der Waals surface area contributed by atoms with Crippen molar-refractivity contribution in [2.24, 2.45) is 0 Å². The molecule has 0 bridgehead atoms. The number of para-hydroxylation sites is 1. The van der Waals surface area contributed by atoms with Crippen LogP contribution in [0.5, 0.6) is 0 Å². The van der Waals surface area contributed by atoms with Gasteiger partial charge in [-0.2, -0.15) is 14.8 Å². The molecule has 1 saturated heterocycles. The molecule has 25 heavy (non-hydrogen) atoms. The minimum absolute atomic E-state index is 0. The maximum absolute atomic E-state index is 5.57. The summed E-state index contributed by atoms with van der Waals surface area (Å²) in [5.74, 6) is 2.24. The highest BCUT2D eigenvalue weighted by Crippen LogP contribution is 2.39. The monoisotopic (exact) mass is 359 g/mol. The molecule has 1 aromatic carbocycles. The third-order valence-corrected chi connectivity index (χ3v) is 5.42. The molecule has 132 valence electrons. The van der Waals surface area contributed by atoms with Gasteiger partial charge in [0.15, 0.2) is 0 Å². The maximum Gasteiger partial charge on any atom is 0.291 e. The zero-order valence-electron chi connectivity index (χ0n) is 14.0. The molecule has 1 N–H and O–H groups in total. The summed E-state index contributed by atoms with van der Waals surface area (Å²) in [7, 11) is 0. The fourth-order valence-corrected chi connectivity index (χ4v) is 3.77. The summed E-state index contributed by atoms with van der Waals surface area (Å²) >= 11 is 0. The van der Waals surface area contributed by atoms with Gasteiger partial charge in [0.2, 0.25) is 5.89 Å². The predicted molar refractivity (Wildman–Crippen MR) is 97.6 cm³/mol. The second-order valence-electron chi connectivity index (χ2n) is 6.90. The van der Waals surface area contributed by atoms with Crippen LogP contribution in [-0.4, -0.2) is 33.0 Å². The lowest BCUT2D eigenvalue weighted by molar-refractivity contribution is 0.319. The van der Waals surface area contributed by atoms with Gasteiger partial charge in [-0.25, -0.2) is 0 Å². The second kappa shape index (κ2) is 6.77. The minimum atomic E-state index is 0. The summed E-state index contributed by atoms with van der Waals surface area (Å²) in [6.07, 6.45) is 5.86. The zero-order valence-corrected chi connectivity index (χ0v) is 14.8. The van der Waals surface area contributed by atoms with Crippen molar-refractivity contribution >= 4 is 23.3 Å². The van der Waals surface area contributed by atoms with Gasteiger partial charge in [0, 0.05) is 17.2 Å². The first-order valence-corrected chi connectivity index (χ1v) is 8.92. The van der Waals surface area contributed by atoms with Crippen LogP contribution in [0.1, 0.15) is 55.5 Å². The summed E-state index contributed by atoms with van der Waals surface area (Å²) < 4.78 is 7.43. The summed E-state index contributed by atoms with van der Waals surface area (Å²) in [6.45, 7) is 2.03. The Morgan fingerprint density at radius 1 is 1.04 bits per heavy atom. The van der Waals surface area contributed by atoms with E-state index < -0.39 is 0 Å². The van der Waals surface area contributed by atoms with E-state index in [4.69, 9.17) is 9.62 Å². The van der Waals surface area contributed by atoms with Gasteiger partial charge in [-0.3, -0.25) is 0 Å². The minimum Gasteiger partial charge on any atom is -0.337 e. The van der Waals surface area contributed by atoms with E-state index in [1.807, 2.05) is 10.7 Å². The van der Waals surface area contributed by atoms with Crippen LogP contribution in [0.15, 0.2) is 28.8 Å². The number of hydrogen-bond donors (Lipinski definition) is 1. The lowest BCUT2D eigenvalue weighted by atomic mass is 9.82. The van der Waals surface area contributed by atoms with Gasteiger partial charge in [-0.1, -0.05) is 24.6 Å². The number of fused-ring (bicyclic) bond motifs is 1. The van der Waals surface area contributed by atoms with E-state index in [9.17, 15) is 0 Å². The van der Waals surface area contributed by atoms with Crippen molar-refractivity contribution in [3.63, 3.8) is 0 Å². The van der Waals surface area contributed by atoms with Gasteiger partial charge in [0.1, 0.15) is 0 Å². The van der Waals surface area contributed by atoms with Gasteiger partial charge in [-0.15, -0.1) is 12.4 Å². The van der Waals surface area contributed by atoms with Crippen molar-refractivity contribution in [3.8, 4) is 5.95 Å². The second-order valence-corrected chi connectivity index (χ2v) is 6.90. The number of piperidine rings is 1. The molecule has 2 aromatic heterocycles. The highest BCUT2D eigenvalue weighted by atomic mass is 35.5. The van der Waals surface area contributed by atoms with Crippen molar-refractivity contribution in [1.29, 1.82) is 0 Å². The Kier molecular flexibility index (Phi) is 4.48. The molecule has 1 saturated carbocycles. The first kappa shape index (κ1) is 16.5. The molecular formula is C18H22ClN5O. The smallest absolute Gasteiger partial charge is 0.291 e. The average Bonchev–Trinajstić information content (AvgIpc) is 3.20. The normalized spacial score (nSPS) is 18.9. The molecule has 0 amide bonds. The SMILES string of the molecule is Cl.c1ccc2c(c1)c(C1CCC1)nn2-c1noc(C2CCNCC2)n1. The predicted octanol–water partition coefficient (Wildman–Crippen LogP) is 3.56. The van der Waals surface area contributed by atoms with Gasteiger partial charge >= 0.3 is 0 Å². The Labute approximate surface area is 152 Å². The Balaban J connectivity index is 0.00000157. The van der Waals surface area contributed by atoms with Crippen LogP contribution in [0.3, 0.4) is 0 Å². The van der Waals surface area contributed by atoms with Gasteiger partial charge in [0.25, 0.3) is 5.95 Å². The van der Waals surface area contributed by atoms with Crippen LogP contribution in [0.4, 0.5) is 0 Å². The molecule has 0 unspecified atom stereocenters. The van der Waals surface area contributed by atoms with Crippen molar-refractivity contribution in [1.82, 2.24) is 25.2 Å². The Morgan fingerprint density at radius 3 is 2.60 bits per heavy atom. The molecular weight excluding hydrogens is 338 g/mol. The first-order chi connectivity index (χ1) is 11.9. The van der Waals surface area contributed by atoms with Crippen LogP contribution in [0.2, 0.25) is 0 Å². The van der Waals surface area contributed by atoms with Gasteiger partial charge in [-0.05, 0) is 50.0 Å². The number of hydrogen-bond acceptors (Lipinski definition) is 5. The van der Waals surface area contributed by atoms with E-state index in [2.05, 4.69) is 33.7 Å². The van der Waals surface area contributed by atoms with Crippen LogP contribution >= 0.6 is 12.4 Å². The zero-order chi connectivity index (χ0) is 15.9. The fraction of sp³-hybridized carbons (Fsp3) is 0.500. The summed E-state index contributed by atoms with van der Waals surface area (Å²) in [4.78, 5) is 4.67.